The Hall–Kier alpha value is -1.81. The predicted octanol–water partition coefficient (Wildman–Crippen LogP) is 3.65. The molecule has 0 aliphatic rings. The Morgan fingerprint density at radius 2 is 1.70 bits per heavy atom. The van der Waals surface area contributed by atoms with Crippen molar-refractivity contribution in [1.82, 2.24) is 0 Å². The molecule has 3 nitrogen and oxygen atoms in total. The zero-order valence-electron chi connectivity index (χ0n) is 11.6. The van der Waals surface area contributed by atoms with Crippen molar-refractivity contribution in [3.63, 3.8) is 0 Å². The summed E-state index contributed by atoms with van der Waals surface area (Å²) >= 11 is 0. The molecule has 0 aliphatic carbocycles. The molecule has 0 N–H and O–H groups in total. The summed E-state index contributed by atoms with van der Waals surface area (Å²) in [6.07, 6.45) is 0.891. The highest BCUT2D eigenvalue weighted by Crippen LogP contribution is 2.21. The highest BCUT2D eigenvalue weighted by molar-refractivity contribution is 7.87. The van der Waals surface area contributed by atoms with E-state index >= 15 is 0 Å². The zero-order valence-corrected chi connectivity index (χ0v) is 12.4. The summed E-state index contributed by atoms with van der Waals surface area (Å²) < 4.78 is 29.4. The van der Waals surface area contributed by atoms with Crippen molar-refractivity contribution in [3.05, 3.63) is 60.2 Å². The van der Waals surface area contributed by atoms with Gasteiger partial charge in [-0.1, -0.05) is 44.2 Å². The van der Waals surface area contributed by atoms with Gasteiger partial charge in [-0.25, -0.2) is 0 Å². The highest BCUT2D eigenvalue weighted by Gasteiger charge is 2.16. The second kappa shape index (κ2) is 6.09. The normalized spacial score (nSPS) is 11.6. The zero-order chi connectivity index (χ0) is 14.6. The third-order valence-corrected chi connectivity index (χ3v) is 4.04. The van der Waals surface area contributed by atoms with Crippen LogP contribution >= 0.6 is 0 Å². The van der Waals surface area contributed by atoms with Crippen molar-refractivity contribution in [1.29, 1.82) is 0 Å². The molecule has 0 bridgehead atoms. The summed E-state index contributed by atoms with van der Waals surface area (Å²) in [6, 6.07) is 15.4. The second-order valence-corrected chi connectivity index (χ2v) is 6.64. The van der Waals surface area contributed by atoms with E-state index in [1.807, 2.05) is 12.1 Å². The van der Waals surface area contributed by atoms with Crippen LogP contribution in [0.1, 0.15) is 19.4 Å². The monoisotopic (exact) mass is 290 g/mol. The van der Waals surface area contributed by atoms with E-state index in [-0.39, 0.29) is 4.90 Å². The molecule has 2 rings (SSSR count). The maximum atomic E-state index is 12.1. The van der Waals surface area contributed by atoms with Gasteiger partial charge in [0.1, 0.15) is 10.6 Å². The van der Waals surface area contributed by atoms with Crippen molar-refractivity contribution >= 4 is 10.1 Å². The first-order valence-electron chi connectivity index (χ1n) is 6.56. The van der Waals surface area contributed by atoms with Crippen LogP contribution in [0.2, 0.25) is 0 Å². The molecule has 2 aromatic rings. The summed E-state index contributed by atoms with van der Waals surface area (Å²) in [4.78, 5) is 0.161. The molecular weight excluding hydrogens is 272 g/mol. The van der Waals surface area contributed by atoms with E-state index in [0.717, 1.165) is 12.0 Å². The van der Waals surface area contributed by atoms with Gasteiger partial charge in [0.25, 0.3) is 0 Å². The molecule has 20 heavy (non-hydrogen) atoms. The molecule has 4 heteroatoms. The van der Waals surface area contributed by atoms with Gasteiger partial charge in [-0.3, -0.25) is 0 Å². The van der Waals surface area contributed by atoms with E-state index in [1.54, 1.807) is 30.3 Å². The van der Waals surface area contributed by atoms with Gasteiger partial charge in [-0.15, -0.1) is 0 Å². The van der Waals surface area contributed by atoms with Gasteiger partial charge >= 0.3 is 10.1 Å². The van der Waals surface area contributed by atoms with Crippen molar-refractivity contribution in [3.8, 4) is 5.75 Å². The molecule has 0 amide bonds. The van der Waals surface area contributed by atoms with Gasteiger partial charge in [0.2, 0.25) is 0 Å². The van der Waals surface area contributed by atoms with Crippen LogP contribution in [-0.2, 0) is 16.5 Å². The van der Waals surface area contributed by atoms with E-state index in [0.29, 0.717) is 11.7 Å². The summed E-state index contributed by atoms with van der Waals surface area (Å²) in [6.45, 7) is 4.24. The minimum Gasteiger partial charge on any atom is -0.379 e. The van der Waals surface area contributed by atoms with E-state index in [4.69, 9.17) is 4.18 Å². The van der Waals surface area contributed by atoms with Crippen LogP contribution < -0.4 is 4.18 Å². The van der Waals surface area contributed by atoms with E-state index in [1.165, 1.54) is 12.1 Å². The maximum Gasteiger partial charge on any atom is 0.339 e. The van der Waals surface area contributed by atoms with Crippen LogP contribution in [0.5, 0.6) is 5.75 Å². The molecule has 0 radical (unpaired) electrons. The molecule has 0 atom stereocenters. The standard InChI is InChI=1S/C16H18O3S/c1-13(2)11-14-7-6-8-15(12-14)19-20(17,18)16-9-4-3-5-10-16/h3-10,12-13H,11H2,1-2H3. The molecule has 0 fully saturated rings. The van der Waals surface area contributed by atoms with E-state index in [9.17, 15) is 8.42 Å². The van der Waals surface area contributed by atoms with Crippen LogP contribution in [-0.4, -0.2) is 8.42 Å². The minimum atomic E-state index is -3.76. The van der Waals surface area contributed by atoms with Crippen molar-refractivity contribution in [2.45, 2.75) is 25.2 Å². The molecule has 2 aromatic carbocycles. The van der Waals surface area contributed by atoms with Crippen LogP contribution in [0, 0.1) is 5.92 Å². The van der Waals surface area contributed by atoms with Gasteiger partial charge in [-0.2, -0.15) is 8.42 Å². The van der Waals surface area contributed by atoms with Crippen LogP contribution in [0.25, 0.3) is 0 Å². The molecule has 106 valence electrons. The number of rotatable bonds is 5. The van der Waals surface area contributed by atoms with Gasteiger partial charge < -0.3 is 4.18 Å². The number of benzene rings is 2. The lowest BCUT2D eigenvalue weighted by Gasteiger charge is -2.09. The Labute approximate surface area is 120 Å². The van der Waals surface area contributed by atoms with Crippen LogP contribution in [0.15, 0.2) is 59.5 Å². The number of hydrogen-bond acceptors (Lipinski definition) is 3. The predicted molar refractivity (Wildman–Crippen MR) is 79.2 cm³/mol. The Bertz CT molecular complexity index is 661. The lowest BCUT2D eigenvalue weighted by Crippen LogP contribution is -2.09. The fraction of sp³-hybridized carbons (Fsp3) is 0.250. The Morgan fingerprint density at radius 1 is 1.00 bits per heavy atom. The van der Waals surface area contributed by atoms with E-state index < -0.39 is 10.1 Å². The first-order valence-corrected chi connectivity index (χ1v) is 7.97. The van der Waals surface area contributed by atoms with Crippen molar-refractivity contribution in [2.75, 3.05) is 0 Å². The van der Waals surface area contributed by atoms with Crippen LogP contribution in [0.3, 0.4) is 0 Å². The van der Waals surface area contributed by atoms with Crippen molar-refractivity contribution < 1.29 is 12.6 Å². The fourth-order valence-corrected chi connectivity index (χ4v) is 2.90. The third kappa shape index (κ3) is 3.84. The van der Waals surface area contributed by atoms with Gasteiger partial charge in [0, 0.05) is 0 Å². The average molecular weight is 290 g/mol. The molecule has 0 unspecified atom stereocenters. The molecule has 0 aliphatic heterocycles. The highest BCUT2D eigenvalue weighted by atomic mass is 32.2. The Balaban J connectivity index is 2.22. The Kier molecular flexibility index (Phi) is 4.45. The molecular formula is C16H18O3S. The molecule has 0 saturated heterocycles. The molecule has 0 spiro atoms. The Morgan fingerprint density at radius 3 is 2.35 bits per heavy atom. The summed E-state index contributed by atoms with van der Waals surface area (Å²) in [7, 11) is -3.76. The molecule has 0 saturated carbocycles. The summed E-state index contributed by atoms with van der Waals surface area (Å²) in [5, 5.41) is 0. The quantitative estimate of drug-likeness (QED) is 0.789. The lowest BCUT2D eigenvalue weighted by atomic mass is 10.0. The number of hydrogen-bond donors (Lipinski definition) is 0. The van der Waals surface area contributed by atoms with Gasteiger partial charge in [-0.05, 0) is 42.2 Å². The molecule has 0 heterocycles. The van der Waals surface area contributed by atoms with Crippen molar-refractivity contribution in [2.24, 2.45) is 5.92 Å². The largest absolute Gasteiger partial charge is 0.379 e. The van der Waals surface area contributed by atoms with Gasteiger partial charge in [0.15, 0.2) is 0 Å². The SMILES string of the molecule is CC(C)Cc1cccc(OS(=O)(=O)c2ccccc2)c1. The average Bonchev–Trinajstić information content (AvgIpc) is 2.39. The molecule has 0 aromatic heterocycles. The minimum absolute atomic E-state index is 0.161. The summed E-state index contributed by atoms with van der Waals surface area (Å²) in [5.41, 5.74) is 1.07. The first-order chi connectivity index (χ1) is 9.47. The van der Waals surface area contributed by atoms with Gasteiger partial charge in [0.05, 0.1) is 0 Å². The first kappa shape index (κ1) is 14.6. The fourth-order valence-electron chi connectivity index (χ4n) is 1.96. The second-order valence-electron chi connectivity index (χ2n) is 5.10. The topological polar surface area (TPSA) is 43.4 Å². The van der Waals surface area contributed by atoms with Crippen LogP contribution in [0.4, 0.5) is 0 Å². The van der Waals surface area contributed by atoms with E-state index in [2.05, 4.69) is 13.8 Å². The lowest BCUT2D eigenvalue weighted by molar-refractivity contribution is 0.485. The smallest absolute Gasteiger partial charge is 0.339 e. The maximum absolute atomic E-state index is 12.1. The summed E-state index contributed by atoms with van der Waals surface area (Å²) in [5.74, 6) is 0.864. The third-order valence-electron chi connectivity index (χ3n) is 2.78.